The minimum absolute atomic E-state index is 0.216. The number of hydrogen-bond acceptors (Lipinski definition) is 2. The fraction of sp³-hybridized carbons (Fsp3) is 0.0500. The summed E-state index contributed by atoms with van der Waals surface area (Å²) in [6, 6.07) is 21.4. The molecule has 1 N–H and O–H groups in total. The smallest absolute Gasteiger partial charge is 0.406 e. The van der Waals surface area contributed by atoms with Gasteiger partial charge in [-0.25, -0.2) is 0 Å². The van der Waals surface area contributed by atoms with Crippen molar-refractivity contribution in [2.45, 2.75) is 6.36 Å². The number of nitrogens with one attached hydrogen (secondary N) is 1. The summed E-state index contributed by atoms with van der Waals surface area (Å²) in [4.78, 5) is 12.1. The van der Waals surface area contributed by atoms with Gasteiger partial charge in [-0.15, -0.1) is 13.2 Å². The molecule has 0 unspecified atom stereocenters. The molecule has 0 saturated carbocycles. The Morgan fingerprint density at radius 1 is 0.769 bits per heavy atom. The summed E-state index contributed by atoms with van der Waals surface area (Å²) >= 11 is 0. The van der Waals surface area contributed by atoms with E-state index in [4.69, 9.17) is 0 Å². The third-order valence-corrected chi connectivity index (χ3v) is 3.60. The second kappa shape index (κ2) is 7.31. The van der Waals surface area contributed by atoms with Crippen LogP contribution in [-0.2, 0) is 0 Å². The van der Waals surface area contributed by atoms with Gasteiger partial charge >= 0.3 is 6.36 Å². The van der Waals surface area contributed by atoms with Crippen LogP contribution in [0.1, 0.15) is 10.4 Å². The number of rotatable bonds is 4. The minimum atomic E-state index is -4.71. The molecule has 0 aliphatic heterocycles. The Morgan fingerprint density at radius 2 is 1.31 bits per heavy atom. The maximum Gasteiger partial charge on any atom is 0.573 e. The molecule has 0 spiro atoms. The van der Waals surface area contributed by atoms with Crippen LogP contribution in [0, 0.1) is 0 Å². The van der Waals surface area contributed by atoms with Crippen molar-refractivity contribution in [1.82, 2.24) is 0 Å². The quantitative estimate of drug-likeness (QED) is 0.669. The zero-order chi connectivity index (χ0) is 18.6. The molecule has 3 aromatic carbocycles. The molecular formula is C20H14F3NO2. The van der Waals surface area contributed by atoms with Gasteiger partial charge in [0.15, 0.2) is 0 Å². The molecule has 0 aliphatic rings. The maximum atomic E-state index is 12.2. The van der Waals surface area contributed by atoms with Crippen LogP contribution in [0.15, 0.2) is 78.9 Å². The van der Waals surface area contributed by atoms with E-state index >= 15 is 0 Å². The molecule has 0 atom stereocenters. The van der Waals surface area contributed by atoms with Crippen molar-refractivity contribution in [2.24, 2.45) is 0 Å². The lowest BCUT2D eigenvalue weighted by atomic mass is 10.1. The fourth-order valence-corrected chi connectivity index (χ4v) is 2.39. The van der Waals surface area contributed by atoms with Gasteiger partial charge in [0.2, 0.25) is 0 Å². The Bertz CT molecular complexity index is 874. The van der Waals surface area contributed by atoms with Crippen LogP contribution in [-0.4, -0.2) is 12.3 Å². The highest BCUT2D eigenvalue weighted by molar-refractivity contribution is 6.04. The highest BCUT2D eigenvalue weighted by atomic mass is 19.4. The number of benzene rings is 3. The molecule has 3 rings (SSSR count). The van der Waals surface area contributed by atoms with Crippen molar-refractivity contribution in [3.8, 4) is 16.9 Å². The molecule has 6 heteroatoms. The van der Waals surface area contributed by atoms with Gasteiger partial charge in [-0.3, -0.25) is 4.79 Å². The molecule has 26 heavy (non-hydrogen) atoms. The predicted octanol–water partition coefficient (Wildman–Crippen LogP) is 5.50. The molecule has 0 saturated heterocycles. The largest absolute Gasteiger partial charge is 0.573 e. The van der Waals surface area contributed by atoms with E-state index in [-0.39, 0.29) is 11.7 Å². The molecule has 3 nitrogen and oxygen atoms in total. The average Bonchev–Trinajstić information content (AvgIpc) is 2.62. The lowest BCUT2D eigenvalue weighted by Crippen LogP contribution is -2.16. The minimum Gasteiger partial charge on any atom is -0.406 e. The third-order valence-electron chi connectivity index (χ3n) is 3.60. The van der Waals surface area contributed by atoms with Gasteiger partial charge in [-0.1, -0.05) is 42.5 Å². The highest BCUT2D eigenvalue weighted by Crippen LogP contribution is 2.27. The Kier molecular flexibility index (Phi) is 4.93. The molecule has 132 valence electrons. The van der Waals surface area contributed by atoms with Gasteiger partial charge in [0.25, 0.3) is 5.91 Å². The van der Waals surface area contributed by atoms with Crippen molar-refractivity contribution < 1.29 is 22.7 Å². The first-order chi connectivity index (χ1) is 12.4. The zero-order valence-electron chi connectivity index (χ0n) is 13.5. The Labute approximate surface area is 148 Å². The standard InChI is InChI=1S/C20H14F3NO2/c21-20(22,23)26-18-12-8-15(9-13-18)14-6-10-17(11-7-14)24-19(25)16-4-2-1-3-5-16/h1-13H,(H,24,25). The summed E-state index contributed by atoms with van der Waals surface area (Å²) in [5, 5.41) is 2.79. The first kappa shape index (κ1) is 17.5. The van der Waals surface area contributed by atoms with E-state index in [1.54, 1.807) is 60.7 Å². The average molecular weight is 357 g/mol. The number of halogens is 3. The van der Waals surface area contributed by atoms with Crippen molar-refractivity contribution in [2.75, 3.05) is 5.32 Å². The summed E-state index contributed by atoms with van der Waals surface area (Å²) in [6.07, 6.45) is -4.71. The lowest BCUT2D eigenvalue weighted by Gasteiger charge is -2.10. The molecule has 0 radical (unpaired) electrons. The summed E-state index contributed by atoms with van der Waals surface area (Å²) in [7, 11) is 0. The van der Waals surface area contributed by atoms with Gasteiger partial charge in [0.1, 0.15) is 5.75 Å². The first-order valence-corrected chi connectivity index (χ1v) is 7.73. The van der Waals surface area contributed by atoms with E-state index < -0.39 is 6.36 Å². The number of ether oxygens (including phenoxy) is 1. The van der Waals surface area contributed by atoms with Crippen LogP contribution in [0.25, 0.3) is 11.1 Å². The molecule has 0 fully saturated rings. The summed E-state index contributed by atoms with van der Waals surface area (Å²) < 4.78 is 40.4. The Hall–Kier alpha value is -3.28. The van der Waals surface area contributed by atoms with E-state index in [0.29, 0.717) is 11.3 Å². The Morgan fingerprint density at radius 3 is 1.85 bits per heavy atom. The van der Waals surface area contributed by atoms with E-state index in [1.807, 2.05) is 6.07 Å². The van der Waals surface area contributed by atoms with Crippen molar-refractivity contribution >= 4 is 11.6 Å². The lowest BCUT2D eigenvalue weighted by molar-refractivity contribution is -0.274. The monoisotopic (exact) mass is 357 g/mol. The molecular weight excluding hydrogens is 343 g/mol. The van der Waals surface area contributed by atoms with Crippen LogP contribution in [0.4, 0.5) is 18.9 Å². The van der Waals surface area contributed by atoms with Crippen molar-refractivity contribution in [1.29, 1.82) is 0 Å². The van der Waals surface area contributed by atoms with Crippen LogP contribution in [0.5, 0.6) is 5.75 Å². The summed E-state index contributed by atoms with van der Waals surface area (Å²) in [5.74, 6) is -0.486. The van der Waals surface area contributed by atoms with Gasteiger partial charge in [-0.2, -0.15) is 0 Å². The second-order valence-corrected chi connectivity index (χ2v) is 5.47. The van der Waals surface area contributed by atoms with Crippen LogP contribution < -0.4 is 10.1 Å². The number of amides is 1. The topological polar surface area (TPSA) is 38.3 Å². The molecule has 0 bridgehead atoms. The number of carbonyl (C=O) groups excluding carboxylic acids is 1. The number of carbonyl (C=O) groups is 1. The summed E-state index contributed by atoms with van der Waals surface area (Å²) in [5.41, 5.74) is 2.72. The van der Waals surface area contributed by atoms with Gasteiger partial charge in [-0.05, 0) is 47.5 Å². The zero-order valence-corrected chi connectivity index (χ0v) is 13.5. The molecule has 0 heterocycles. The van der Waals surface area contributed by atoms with E-state index in [1.165, 1.54) is 12.1 Å². The highest BCUT2D eigenvalue weighted by Gasteiger charge is 2.30. The van der Waals surface area contributed by atoms with E-state index in [2.05, 4.69) is 10.1 Å². The van der Waals surface area contributed by atoms with Gasteiger partial charge < -0.3 is 10.1 Å². The number of hydrogen-bond donors (Lipinski definition) is 1. The Balaban J connectivity index is 1.68. The molecule has 3 aromatic rings. The van der Waals surface area contributed by atoms with Crippen molar-refractivity contribution in [3.05, 3.63) is 84.4 Å². The third kappa shape index (κ3) is 4.63. The molecule has 1 amide bonds. The maximum absolute atomic E-state index is 12.2. The van der Waals surface area contributed by atoms with E-state index in [0.717, 1.165) is 11.1 Å². The fourth-order valence-electron chi connectivity index (χ4n) is 2.39. The van der Waals surface area contributed by atoms with Crippen molar-refractivity contribution in [3.63, 3.8) is 0 Å². The first-order valence-electron chi connectivity index (χ1n) is 7.73. The predicted molar refractivity (Wildman–Crippen MR) is 93.0 cm³/mol. The summed E-state index contributed by atoms with van der Waals surface area (Å²) in [6.45, 7) is 0. The van der Waals surface area contributed by atoms with Crippen LogP contribution in [0.2, 0.25) is 0 Å². The van der Waals surface area contributed by atoms with Crippen LogP contribution in [0.3, 0.4) is 0 Å². The SMILES string of the molecule is O=C(Nc1ccc(-c2ccc(OC(F)(F)F)cc2)cc1)c1ccccc1. The second-order valence-electron chi connectivity index (χ2n) is 5.47. The number of anilines is 1. The number of alkyl halides is 3. The van der Waals surface area contributed by atoms with E-state index in [9.17, 15) is 18.0 Å². The van der Waals surface area contributed by atoms with Gasteiger partial charge in [0.05, 0.1) is 0 Å². The van der Waals surface area contributed by atoms with Gasteiger partial charge in [0, 0.05) is 11.3 Å². The molecule has 0 aliphatic carbocycles. The molecule has 0 aromatic heterocycles. The van der Waals surface area contributed by atoms with Crippen LogP contribution >= 0.6 is 0 Å². The normalized spacial score (nSPS) is 11.0.